The monoisotopic (exact) mass is 322 g/mol. The summed E-state index contributed by atoms with van der Waals surface area (Å²) in [7, 11) is 0. The molecule has 0 aliphatic heterocycles. The first-order valence-corrected chi connectivity index (χ1v) is 7.78. The summed E-state index contributed by atoms with van der Waals surface area (Å²) in [4.78, 5) is 27.4. The number of aliphatic carboxylic acids is 1. The minimum Gasteiger partial charge on any atom is -0.480 e. The number of amides is 1. The van der Waals surface area contributed by atoms with Crippen molar-refractivity contribution in [2.45, 2.75) is 33.2 Å². The van der Waals surface area contributed by atoms with Crippen molar-refractivity contribution in [1.82, 2.24) is 10.3 Å². The molecule has 2 N–H and O–H groups in total. The number of nitrogens with one attached hydrogen (secondary N) is 1. The van der Waals surface area contributed by atoms with Gasteiger partial charge >= 0.3 is 5.97 Å². The predicted molar refractivity (Wildman–Crippen MR) is 82.7 cm³/mol. The van der Waals surface area contributed by atoms with E-state index >= 15 is 0 Å². The lowest BCUT2D eigenvalue weighted by Gasteiger charge is -2.17. The molecule has 0 saturated heterocycles. The third-order valence-electron chi connectivity index (χ3n) is 3.09. The van der Waals surface area contributed by atoms with Gasteiger partial charge in [0.1, 0.15) is 11.8 Å². The Labute approximate surface area is 132 Å². The Morgan fingerprint density at radius 2 is 2.14 bits per heavy atom. The third kappa shape index (κ3) is 3.94. The highest BCUT2D eigenvalue weighted by Gasteiger charge is 2.23. The summed E-state index contributed by atoms with van der Waals surface area (Å²) in [5.41, 5.74) is 0.597. The molecule has 0 aliphatic carbocycles. The number of carboxylic acid groups (broad SMARTS) is 1. The van der Waals surface area contributed by atoms with Crippen molar-refractivity contribution in [2.75, 3.05) is 0 Å². The third-order valence-corrected chi connectivity index (χ3v) is 4.00. The number of hydrogen-bond donors (Lipinski definition) is 2. The van der Waals surface area contributed by atoms with Crippen LogP contribution in [0.25, 0.3) is 10.8 Å². The second-order valence-corrected chi connectivity index (χ2v) is 6.22. The Hall–Kier alpha value is -2.15. The quantitative estimate of drug-likeness (QED) is 0.852. The Morgan fingerprint density at radius 1 is 1.41 bits per heavy atom. The van der Waals surface area contributed by atoms with Crippen LogP contribution in [0, 0.1) is 12.8 Å². The Kier molecular flexibility index (Phi) is 4.97. The summed E-state index contributed by atoms with van der Waals surface area (Å²) in [5, 5.41) is 14.1. The van der Waals surface area contributed by atoms with Gasteiger partial charge in [-0.25, -0.2) is 9.78 Å². The molecule has 22 heavy (non-hydrogen) atoms. The van der Waals surface area contributed by atoms with E-state index in [4.69, 9.17) is 9.52 Å². The normalized spacial score (nSPS) is 12.4. The molecular formula is C15H18N2O4S. The van der Waals surface area contributed by atoms with Gasteiger partial charge in [0.05, 0.1) is 12.1 Å². The van der Waals surface area contributed by atoms with Crippen molar-refractivity contribution in [1.29, 1.82) is 0 Å². The molecule has 0 bridgehead atoms. The molecule has 0 radical (unpaired) electrons. The predicted octanol–water partition coefficient (Wildman–Crippen LogP) is 2.48. The fourth-order valence-electron chi connectivity index (χ4n) is 1.95. The van der Waals surface area contributed by atoms with Gasteiger partial charge in [-0.1, -0.05) is 13.8 Å². The molecule has 7 heteroatoms. The lowest BCUT2D eigenvalue weighted by atomic mass is 10.0. The van der Waals surface area contributed by atoms with Gasteiger partial charge in [0.25, 0.3) is 0 Å². The van der Waals surface area contributed by atoms with Gasteiger partial charge in [0.2, 0.25) is 5.91 Å². The average molecular weight is 322 g/mol. The van der Waals surface area contributed by atoms with Gasteiger partial charge in [-0.2, -0.15) is 0 Å². The number of furan rings is 1. The number of aryl methyl sites for hydroxylation is 1. The second kappa shape index (κ2) is 6.74. The van der Waals surface area contributed by atoms with Gasteiger partial charge in [-0.15, -0.1) is 11.3 Å². The summed E-state index contributed by atoms with van der Waals surface area (Å²) in [6, 6.07) is 2.79. The minimum atomic E-state index is -1.03. The molecule has 2 aromatic rings. The van der Waals surface area contributed by atoms with Crippen LogP contribution in [0.5, 0.6) is 0 Å². The van der Waals surface area contributed by atoms with Crippen molar-refractivity contribution in [2.24, 2.45) is 5.92 Å². The summed E-state index contributed by atoms with van der Waals surface area (Å²) < 4.78 is 5.48. The highest BCUT2D eigenvalue weighted by atomic mass is 32.1. The molecule has 2 heterocycles. The van der Waals surface area contributed by atoms with E-state index in [1.165, 1.54) is 11.3 Å². The molecule has 0 aliphatic rings. The summed E-state index contributed by atoms with van der Waals surface area (Å²) >= 11 is 1.39. The average Bonchev–Trinajstić information content (AvgIpc) is 3.04. The van der Waals surface area contributed by atoms with Crippen LogP contribution in [-0.4, -0.2) is 28.0 Å². The number of thiazole rings is 1. The van der Waals surface area contributed by atoms with Crippen molar-refractivity contribution >= 4 is 23.2 Å². The molecule has 0 spiro atoms. The maximum atomic E-state index is 11.9. The van der Waals surface area contributed by atoms with Crippen molar-refractivity contribution < 1.29 is 19.1 Å². The zero-order valence-electron chi connectivity index (χ0n) is 12.6. The lowest BCUT2D eigenvalue weighted by Crippen LogP contribution is -2.44. The SMILES string of the molecule is Cc1ccc(-c2nc(CC(=O)N[C@@H](C(=O)O)C(C)C)cs2)o1. The van der Waals surface area contributed by atoms with Gasteiger partial charge in [0, 0.05) is 5.38 Å². The molecule has 0 aromatic carbocycles. The molecule has 6 nitrogen and oxygen atoms in total. The fraction of sp³-hybridized carbons (Fsp3) is 0.400. The summed E-state index contributed by atoms with van der Waals surface area (Å²) in [6.07, 6.45) is 0.0483. The van der Waals surface area contributed by atoms with Gasteiger partial charge in [0.15, 0.2) is 10.8 Å². The topological polar surface area (TPSA) is 92.4 Å². The number of carbonyl (C=O) groups excluding carboxylic acids is 1. The van der Waals surface area contributed by atoms with Crippen LogP contribution in [0.4, 0.5) is 0 Å². The van der Waals surface area contributed by atoms with Crippen LogP contribution in [0.2, 0.25) is 0 Å². The fourth-order valence-corrected chi connectivity index (χ4v) is 2.73. The number of carboxylic acids is 1. The van der Waals surface area contributed by atoms with Crippen molar-refractivity contribution in [3.05, 3.63) is 29.0 Å². The smallest absolute Gasteiger partial charge is 0.326 e. The van der Waals surface area contributed by atoms with E-state index in [2.05, 4.69) is 10.3 Å². The Balaban J connectivity index is 2.00. The van der Waals surface area contributed by atoms with E-state index in [1.54, 1.807) is 19.2 Å². The van der Waals surface area contributed by atoms with E-state index in [1.807, 2.05) is 19.1 Å². The zero-order chi connectivity index (χ0) is 16.3. The zero-order valence-corrected chi connectivity index (χ0v) is 13.4. The molecule has 0 saturated carbocycles. The second-order valence-electron chi connectivity index (χ2n) is 5.36. The molecular weight excluding hydrogens is 304 g/mol. The number of aromatic nitrogens is 1. The van der Waals surface area contributed by atoms with Crippen LogP contribution in [0.3, 0.4) is 0 Å². The van der Waals surface area contributed by atoms with Crippen molar-refractivity contribution in [3.63, 3.8) is 0 Å². The van der Waals surface area contributed by atoms with E-state index in [0.717, 1.165) is 5.76 Å². The number of rotatable bonds is 6. The molecule has 118 valence electrons. The first-order valence-electron chi connectivity index (χ1n) is 6.90. The highest BCUT2D eigenvalue weighted by molar-refractivity contribution is 7.13. The lowest BCUT2D eigenvalue weighted by molar-refractivity contribution is -0.143. The van der Waals surface area contributed by atoms with Gasteiger partial charge < -0.3 is 14.8 Å². The molecule has 2 aromatic heterocycles. The summed E-state index contributed by atoms with van der Waals surface area (Å²) in [6.45, 7) is 5.35. The number of hydrogen-bond acceptors (Lipinski definition) is 5. The molecule has 2 rings (SSSR count). The van der Waals surface area contributed by atoms with Gasteiger partial charge in [-0.3, -0.25) is 4.79 Å². The van der Waals surface area contributed by atoms with Crippen LogP contribution >= 0.6 is 11.3 Å². The summed E-state index contributed by atoms with van der Waals surface area (Å²) in [5.74, 6) is -0.106. The number of nitrogens with zero attached hydrogens (tertiary/aromatic N) is 1. The largest absolute Gasteiger partial charge is 0.480 e. The first-order chi connectivity index (χ1) is 10.4. The van der Waals surface area contributed by atoms with E-state index in [0.29, 0.717) is 16.5 Å². The maximum absolute atomic E-state index is 11.9. The Bertz CT molecular complexity index is 675. The molecule has 0 unspecified atom stereocenters. The molecule has 0 fully saturated rings. The van der Waals surface area contributed by atoms with Crippen LogP contribution < -0.4 is 5.32 Å². The van der Waals surface area contributed by atoms with Crippen LogP contribution in [-0.2, 0) is 16.0 Å². The van der Waals surface area contributed by atoms with Gasteiger partial charge in [-0.05, 0) is 25.0 Å². The van der Waals surface area contributed by atoms with Crippen LogP contribution in [0.15, 0.2) is 21.9 Å². The molecule has 1 atom stereocenters. The number of carbonyl (C=O) groups is 2. The standard InChI is InChI=1S/C15H18N2O4S/c1-8(2)13(15(19)20)17-12(18)6-10-7-22-14(16-10)11-5-4-9(3)21-11/h4-5,7-8,13H,6H2,1-3H3,(H,17,18)(H,19,20)/t13-/m1/s1. The van der Waals surface area contributed by atoms with Crippen molar-refractivity contribution in [3.8, 4) is 10.8 Å². The first kappa shape index (κ1) is 16.2. The van der Waals surface area contributed by atoms with E-state index in [9.17, 15) is 9.59 Å². The maximum Gasteiger partial charge on any atom is 0.326 e. The van der Waals surface area contributed by atoms with Crippen LogP contribution in [0.1, 0.15) is 25.3 Å². The Morgan fingerprint density at radius 3 is 2.68 bits per heavy atom. The minimum absolute atomic E-state index is 0.0483. The van der Waals surface area contributed by atoms with E-state index in [-0.39, 0.29) is 18.2 Å². The highest BCUT2D eigenvalue weighted by Crippen LogP contribution is 2.25. The molecule has 1 amide bonds. The van der Waals surface area contributed by atoms with E-state index < -0.39 is 12.0 Å².